The minimum absolute atomic E-state index is 0.339. The summed E-state index contributed by atoms with van der Waals surface area (Å²) >= 11 is 8.98. The Hall–Kier alpha value is -0.680. The molecule has 0 bridgehead atoms. The molecule has 2 nitrogen and oxygen atoms in total. The number of imidazole rings is 1. The van der Waals surface area contributed by atoms with E-state index in [1.165, 1.54) is 0 Å². The summed E-state index contributed by atoms with van der Waals surface area (Å²) in [5, 5.41) is 0.460. The van der Waals surface area contributed by atoms with Gasteiger partial charge in [0.15, 0.2) is 5.82 Å². The standard InChI is InChI=1S/C8H4BrClF2N2/c9-3-1-5-6(2-4(3)10)14-8(13-5)7(11)12/h1-2,7H,(H,13,14). The van der Waals surface area contributed by atoms with Gasteiger partial charge in [-0.05, 0) is 28.1 Å². The average molecular weight is 281 g/mol. The number of alkyl halides is 2. The highest BCUT2D eigenvalue weighted by atomic mass is 79.9. The molecule has 74 valence electrons. The number of aromatic amines is 1. The van der Waals surface area contributed by atoms with Crippen molar-refractivity contribution in [2.24, 2.45) is 0 Å². The second kappa shape index (κ2) is 3.47. The number of nitrogens with zero attached hydrogens (tertiary/aromatic N) is 1. The fourth-order valence-electron chi connectivity index (χ4n) is 1.13. The van der Waals surface area contributed by atoms with Crippen LogP contribution in [0.5, 0.6) is 0 Å². The van der Waals surface area contributed by atoms with Crippen molar-refractivity contribution in [3.8, 4) is 0 Å². The quantitative estimate of drug-likeness (QED) is 0.843. The molecular weight excluding hydrogens is 277 g/mol. The first kappa shape index (κ1) is 9.86. The Labute approximate surface area is 91.4 Å². The lowest BCUT2D eigenvalue weighted by atomic mass is 10.3. The van der Waals surface area contributed by atoms with E-state index in [9.17, 15) is 8.78 Å². The Morgan fingerprint density at radius 3 is 2.79 bits per heavy atom. The number of H-pyrrole nitrogens is 1. The van der Waals surface area contributed by atoms with Crippen molar-refractivity contribution in [1.82, 2.24) is 9.97 Å². The summed E-state index contributed by atoms with van der Waals surface area (Å²) in [7, 11) is 0. The molecule has 0 aliphatic rings. The number of fused-ring (bicyclic) bond motifs is 1. The van der Waals surface area contributed by atoms with Gasteiger partial charge in [0, 0.05) is 4.47 Å². The Morgan fingerprint density at radius 2 is 2.14 bits per heavy atom. The molecule has 0 aliphatic heterocycles. The van der Waals surface area contributed by atoms with Gasteiger partial charge in [-0.15, -0.1) is 0 Å². The minimum atomic E-state index is -2.60. The molecule has 0 radical (unpaired) electrons. The highest BCUT2D eigenvalue weighted by molar-refractivity contribution is 9.10. The predicted octanol–water partition coefficient (Wildman–Crippen LogP) is 3.92. The Kier molecular flexibility index (Phi) is 2.45. The van der Waals surface area contributed by atoms with Gasteiger partial charge in [0.05, 0.1) is 16.1 Å². The summed E-state index contributed by atoms with van der Waals surface area (Å²) in [6.45, 7) is 0. The first-order chi connectivity index (χ1) is 6.58. The van der Waals surface area contributed by atoms with Crippen molar-refractivity contribution < 1.29 is 8.78 Å². The van der Waals surface area contributed by atoms with Gasteiger partial charge in [0.2, 0.25) is 0 Å². The Bertz CT molecular complexity index is 444. The number of hydrogen-bond donors (Lipinski definition) is 1. The zero-order valence-corrected chi connectivity index (χ0v) is 9.03. The maximum absolute atomic E-state index is 12.3. The SMILES string of the molecule is FC(F)c1nc2cc(Br)c(Cl)cc2[nH]1. The van der Waals surface area contributed by atoms with Crippen LogP contribution in [0.1, 0.15) is 12.2 Å². The molecule has 0 unspecified atom stereocenters. The number of halogens is 4. The second-order valence-electron chi connectivity index (χ2n) is 2.71. The van der Waals surface area contributed by atoms with Gasteiger partial charge >= 0.3 is 0 Å². The van der Waals surface area contributed by atoms with Gasteiger partial charge in [-0.2, -0.15) is 0 Å². The molecule has 1 aromatic carbocycles. The van der Waals surface area contributed by atoms with Crippen LogP contribution in [0.2, 0.25) is 5.02 Å². The maximum atomic E-state index is 12.3. The van der Waals surface area contributed by atoms with E-state index in [-0.39, 0.29) is 5.82 Å². The highest BCUT2D eigenvalue weighted by Crippen LogP contribution is 2.28. The van der Waals surface area contributed by atoms with Gasteiger partial charge < -0.3 is 4.98 Å². The normalized spacial score (nSPS) is 11.5. The molecule has 1 aromatic heterocycles. The highest BCUT2D eigenvalue weighted by Gasteiger charge is 2.13. The van der Waals surface area contributed by atoms with Gasteiger partial charge in [-0.3, -0.25) is 0 Å². The molecule has 2 aromatic rings. The van der Waals surface area contributed by atoms with Gasteiger partial charge in [0.25, 0.3) is 6.43 Å². The van der Waals surface area contributed by atoms with Crippen molar-refractivity contribution in [3.63, 3.8) is 0 Å². The van der Waals surface area contributed by atoms with Crippen LogP contribution >= 0.6 is 27.5 Å². The summed E-state index contributed by atoms with van der Waals surface area (Å²) in [6, 6.07) is 3.15. The molecule has 14 heavy (non-hydrogen) atoms. The largest absolute Gasteiger partial charge is 0.337 e. The van der Waals surface area contributed by atoms with Crippen LogP contribution in [-0.2, 0) is 0 Å². The smallest absolute Gasteiger partial charge is 0.295 e. The molecule has 2 rings (SSSR count). The summed E-state index contributed by atoms with van der Waals surface area (Å²) in [6.07, 6.45) is -2.60. The average Bonchev–Trinajstić information content (AvgIpc) is 2.48. The van der Waals surface area contributed by atoms with E-state index in [2.05, 4.69) is 25.9 Å². The van der Waals surface area contributed by atoms with Crippen LogP contribution in [-0.4, -0.2) is 9.97 Å². The first-order valence-electron chi connectivity index (χ1n) is 3.70. The fourth-order valence-corrected chi connectivity index (χ4v) is 1.62. The van der Waals surface area contributed by atoms with Crippen LogP contribution in [0, 0.1) is 0 Å². The van der Waals surface area contributed by atoms with E-state index in [0.29, 0.717) is 20.5 Å². The van der Waals surface area contributed by atoms with E-state index < -0.39 is 6.43 Å². The molecule has 0 saturated heterocycles. The predicted molar refractivity (Wildman–Crippen MR) is 53.8 cm³/mol. The van der Waals surface area contributed by atoms with Gasteiger partial charge in [-0.1, -0.05) is 11.6 Å². The third-order valence-corrected chi connectivity index (χ3v) is 2.95. The molecule has 1 N–H and O–H groups in total. The van der Waals surface area contributed by atoms with Crippen LogP contribution in [0.4, 0.5) is 8.78 Å². The lowest BCUT2D eigenvalue weighted by Crippen LogP contribution is -1.84. The molecule has 0 amide bonds. The van der Waals surface area contributed by atoms with Crippen LogP contribution in [0.15, 0.2) is 16.6 Å². The molecule has 6 heteroatoms. The minimum Gasteiger partial charge on any atom is -0.337 e. The van der Waals surface area contributed by atoms with Crippen LogP contribution < -0.4 is 0 Å². The third kappa shape index (κ3) is 1.62. The van der Waals surface area contributed by atoms with Gasteiger partial charge in [-0.25, -0.2) is 13.8 Å². The molecule has 1 heterocycles. The van der Waals surface area contributed by atoms with Crippen molar-refractivity contribution in [3.05, 3.63) is 27.5 Å². The lowest BCUT2D eigenvalue weighted by molar-refractivity contribution is 0.142. The van der Waals surface area contributed by atoms with Crippen molar-refractivity contribution in [1.29, 1.82) is 0 Å². The zero-order valence-electron chi connectivity index (χ0n) is 6.69. The first-order valence-corrected chi connectivity index (χ1v) is 4.88. The number of benzene rings is 1. The fraction of sp³-hybridized carbons (Fsp3) is 0.125. The molecule has 0 fully saturated rings. The van der Waals surface area contributed by atoms with Crippen molar-refractivity contribution in [2.75, 3.05) is 0 Å². The summed E-state index contributed by atoms with van der Waals surface area (Å²) in [4.78, 5) is 6.22. The van der Waals surface area contributed by atoms with E-state index in [4.69, 9.17) is 11.6 Å². The van der Waals surface area contributed by atoms with E-state index >= 15 is 0 Å². The molecule has 0 saturated carbocycles. The number of nitrogens with one attached hydrogen (secondary N) is 1. The lowest BCUT2D eigenvalue weighted by Gasteiger charge is -1.93. The Morgan fingerprint density at radius 1 is 1.43 bits per heavy atom. The van der Waals surface area contributed by atoms with Crippen molar-refractivity contribution >= 4 is 38.6 Å². The number of aromatic nitrogens is 2. The van der Waals surface area contributed by atoms with Gasteiger partial charge in [0.1, 0.15) is 0 Å². The topological polar surface area (TPSA) is 28.7 Å². The molecule has 0 spiro atoms. The maximum Gasteiger partial charge on any atom is 0.295 e. The Balaban J connectivity index is 2.66. The molecular formula is C8H4BrClF2N2. The van der Waals surface area contributed by atoms with E-state index in [1.807, 2.05) is 0 Å². The summed E-state index contributed by atoms with van der Waals surface area (Å²) < 4.78 is 25.2. The molecule has 0 atom stereocenters. The second-order valence-corrected chi connectivity index (χ2v) is 3.97. The summed E-state index contributed by atoms with van der Waals surface area (Å²) in [5.41, 5.74) is 0.977. The third-order valence-electron chi connectivity index (χ3n) is 1.75. The number of rotatable bonds is 1. The van der Waals surface area contributed by atoms with Crippen LogP contribution in [0.3, 0.4) is 0 Å². The molecule has 0 aliphatic carbocycles. The summed E-state index contributed by atoms with van der Waals surface area (Å²) in [5.74, 6) is -0.339. The van der Waals surface area contributed by atoms with E-state index in [1.54, 1.807) is 12.1 Å². The van der Waals surface area contributed by atoms with Crippen LogP contribution in [0.25, 0.3) is 11.0 Å². The van der Waals surface area contributed by atoms with Crippen molar-refractivity contribution in [2.45, 2.75) is 6.43 Å². The zero-order chi connectivity index (χ0) is 10.3. The monoisotopic (exact) mass is 280 g/mol. The number of hydrogen-bond acceptors (Lipinski definition) is 1. The van der Waals surface area contributed by atoms with E-state index in [0.717, 1.165) is 0 Å².